The van der Waals surface area contributed by atoms with E-state index >= 15 is 0 Å². The summed E-state index contributed by atoms with van der Waals surface area (Å²) < 4.78 is 2.32. The molecule has 0 atom stereocenters. The summed E-state index contributed by atoms with van der Waals surface area (Å²) in [6.45, 7) is 2.20. The summed E-state index contributed by atoms with van der Waals surface area (Å²) in [5.41, 5.74) is 4.12. The van der Waals surface area contributed by atoms with Gasteiger partial charge in [-0.3, -0.25) is 0 Å². The van der Waals surface area contributed by atoms with Crippen LogP contribution in [0.25, 0.3) is 5.52 Å². The van der Waals surface area contributed by atoms with Gasteiger partial charge in [-0.15, -0.1) is 0 Å². The molecule has 1 aliphatic carbocycles. The molecule has 0 bridgehead atoms. The van der Waals surface area contributed by atoms with Crippen LogP contribution in [0.3, 0.4) is 0 Å². The van der Waals surface area contributed by atoms with E-state index in [2.05, 4.69) is 41.8 Å². The Balaban J connectivity index is 2.02. The van der Waals surface area contributed by atoms with Crippen molar-refractivity contribution in [1.82, 2.24) is 4.40 Å². The zero-order chi connectivity index (χ0) is 11.8. The third-order valence-electron chi connectivity index (χ3n) is 4.00. The lowest BCUT2D eigenvalue weighted by Crippen LogP contribution is -2.18. The lowest BCUT2D eigenvalue weighted by molar-refractivity contribution is 0.122. The number of aliphatic hydroxyl groups is 1. The minimum absolute atomic E-state index is 0.0715. The predicted octanol–water partition coefficient (Wildman–Crippen LogP) is 3.27. The van der Waals surface area contributed by atoms with Gasteiger partial charge in [-0.05, 0) is 56.4 Å². The molecule has 1 fully saturated rings. The van der Waals surface area contributed by atoms with Crippen molar-refractivity contribution >= 4 is 5.52 Å². The first kappa shape index (κ1) is 10.8. The molecule has 0 saturated heterocycles. The van der Waals surface area contributed by atoms with Gasteiger partial charge in [0.25, 0.3) is 0 Å². The van der Waals surface area contributed by atoms with E-state index in [1.807, 2.05) is 0 Å². The van der Waals surface area contributed by atoms with Crippen LogP contribution < -0.4 is 0 Å². The third kappa shape index (κ3) is 1.87. The average molecular weight is 229 g/mol. The molecule has 2 nitrogen and oxygen atoms in total. The zero-order valence-electron chi connectivity index (χ0n) is 10.3. The molecule has 0 aromatic carbocycles. The van der Waals surface area contributed by atoms with Crippen molar-refractivity contribution in [3.63, 3.8) is 0 Å². The summed E-state index contributed by atoms with van der Waals surface area (Å²) >= 11 is 0. The second-order valence-electron chi connectivity index (χ2n) is 5.21. The number of nitrogens with zero attached hydrogens (tertiary/aromatic N) is 1. The highest BCUT2D eigenvalue weighted by Crippen LogP contribution is 2.35. The molecule has 2 heterocycles. The maximum atomic E-state index is 9.60. The molecule has 1 saturated carbocycles. The van der Waals surface area contributed by atoms with Crippen molar-refractivity contribution in [1.29, 1.82) is 0 Å². The van der Waals surface area contributed by atoms with Crippen LogP contribution >= 0.6 is 0 Å². The highest BCUT2D eigenvalue weighted by Gasteiger charge is 2.24. The fourth-order valence-corrected chi connectivity index (χ4v) is 3.15. The van der Waals surface area contributed by atoms with Crippen molar-refractivity contribution in [2.45, 2.75) is 44.6 Å². The second kappa shape index (κ2) is 4.19. The maximum Gasteiger partial charge on any atom is 0.0540 e. The second-order valence-corrected chi connectivity index (χ2v) is 5.21. The van der Waals surface area contributed by atoms with Crippen LogP contribution in [-0.4, -0.2) is 15.6 Å². The van der Waals surface area contributed by atoms with Gasteiger partial charge >= 0.3 is 0 Å². The Morgan fingerprint density at radius 3 is 2.71 bits per heavy atom. The number of aromatic nitrogens is 1. The smallest absolute Gasteiger partial charge is 0.0540 e. The van der Waals surface area contributed by atoms with E-state index in [4.69, 9.17) is 0 Å². The fraction of sp³-hybridized carbons (Fsp3) is 0.467. The van der Waals surface area contributed by atoms with E-state index < -0.39 is 0 Å². The van der Waals surface area contributed by atoms with Gasteiger partial charge in [-0.2, -0.15) is 0 Å². The molecule has 90 valence electrons. The summed E-state index contributed by atoms with van der Waals surface area (Å²) in [6, 6.07) is 8.60. The summed E-state index contributed by atoms with van der Waals surface area (Å²) in [5.74, 6) is 0.614. The molecule has 17 heavy (non-hydrogen) atoms. The molecule has 2 aromatic heterocycles. The van der Waals surface area contributed by atoms with Crippen LogP contribution in [0.1, 0.15) is 42.9 Å². The highest BCUT2D eigenvalue weighted by atomic mass is 16.3. The summed E-state index contributed by atoms with van der Waals surface area (Å²) in [6.07, 6.45) is 6.21. The Bertz CT molecular complexity index is 521. The molecular weight excluding hydrogens is 210 g/mol. The number of fused-ring (bicyclic) bond motifs is 1. The van der Waals surface area contributed by atoms with Crippen LogP contribution in [0, 0.1) is 6.92 Å². The maximum absolute atomic E-state index is 9.60. The zero-order valence-corrected chi connectivity index (χ0v) is 10.3. The Morgan fingerprint density at radius 2 is 1.94 bits per heavy atom. The highest BCUT2D eigenvalue weighted by molar-refractivity contribution is 5.53. The van der Waals surface area contributed by atoms with Gasteiger partial charge in [-0.1, -0.05) is 6.07 Å². The van der Waals surface area contributed by atoms with Gasteiger partial charge in [0.2, 0.25) is 0 Å². The summed E-state index contributed by atoms with van der Waals surface area (Å²) in [5, 5.41) is 9.60. The lowest BCUT2D eigenvalue weighted by atomic mass is 9.84. The molecule has 1 N–H and O–H groups in total. The number of rotatable bonds is 1. The Labute approximate surface area is 102 Å². The van der Waals surface area contributed by atoms with E-state index in [9.17, 15) is 5.11 Å². The third-order valence-corrected chi connectivity index (χ3v) is 4.00. The molecule has 1 aliphatic rings. The molecule has 3 rings (SSSR count). The molecule has 0 aliphatic heterocycles. The van der Waals surface area contributed by atoms with Gasteiger partial charge in [0, 0.05) is 23.3 Å². The predicted molar refractivity (Wildman–Crippen MR) is 69.3 cm³/mol. The first-order chi connectivity index (χ1) is 8.25. The number of aryl methyl sites for hydroxylation is 1. The van der Waals surface area contributed by atoms with Crippen molar-refractivity contribution in [3.8, 4) is 0 Å². The molecule has 2 aromatic rings. The van der Waals surface area contributed by atoms with E-state index in [0.29, 0.717) is 5.92 Å². The summed E-state index contributed by atoms with van der Waals surface area (Å²) in [7, 11) is 0. The van der Waals surface area contributed by atoms with E-state index in [1.165, 1.54) is 16.8 Å². The molecule has 0 spiro atoms. The fourth-order valence-electron chi connectivity index (χ4n) is 3.15. The minimum Gasteiger partial charge on any atom is -0.393 e. The molecule has 0 radical (unpaired) electrons. The molecule has 0 unspecified atom stereocenters. The topological polar surface area (TPSA) is 24.6 Å². The van der Waals surface area contributed by atoms with E-state index in [1.54, 1.807) is 0 Å². The normalized spacial score (nSPS) is 25.3. The van der Waals surface area contributed by atoms with E-state index in [0.717, 1.165) is 25.7 Å². The van der Waals surface area contributed by atoms with Crippen molar-refractivity contribution in [2.75, 3.05) is 0 Å². The monoisotopic (exact) mass is 229 g/mol. The number of hydrogen-bond donors (Lipinski definition) is 1. The van der Waals surface area contributed by atoms with Crippen LogP contribution in [-0.2, 0) is 0 Å². The number of pyridine rings is 1. The quantitative estimate of drug-likeness (QED) is 0.797. The number of aliphatic hydroxyl groups excluding tert-OH is 1. The van der Waals surface area contributed by atoms with Crippen LogP contribution in [0.4, 0.5) is 0 Å². The molecular formula is C15H19NO. The van der Waals surface area contributed by atoms with Crippen molar-refractivity contribution in [2.24, 2.45) is 0 Å². The lowest BCUT2D eigenvalue weighted by Gasteiger charge is -2.26. The Kier molecular flexibility index (Phi) is 2.67. The van der Waals surface area contributed by atoms with Gasteiger partial charge in [0.1, 0.15) is 0 Å². The summed E-state index contributed by atoms with van der Waals surface area (Å²) in [4.78, 5) is 0. The van der Waals surface area contributed by atoms with Crippen LogP contribution in [0.15, 0.2) is 30.5 Å². The van der Waals surface area contributed by atoms with Gasteiger partial charge in [-0.25, -0.2) is 0 Å². The Hall–Kier alpha value is -1.28. The van der Waals surface area contributed by atoms with Crippen molar-refractivity contribution in [3.05, 3.63) is 41.7 Å². The first-order valence-electron chi connectivity index (χ1n) is 6.50. The van der Waals surface area contributed by atoms with Gasteiger partial charge in [0.05, 0.1) is 6.10 Å². The SMILES string of the molecule is Cc1cc2ccccn2c1C1CCC(O)CC1. The standard InChI is InChI=1S/C15H19NO/c1-11-10-13-4-2-3-9-16(13)15(11)12-5-7-14(17)8-6-12/h2-4,9-10,12,14,17H,5-8H2,1H3. The van der Waals surface area contributed by atoms with Gasteiger partial charge in [0.15, 0.2) is 0 Å². The number of hydrogen-bond acceptors (Lipinski definition) is 1. The van der Waals surface area contributed by atoms with Crippen LogP contribution in [0.2, 0.25) is 0 Å². The van der Waals surface area contributed by atoms with Gasteiger partial charge < -0.3 is 9.51 Å². The van der Waals surface area contributed by atoms with Crippen molar-refractivity contribution < 1.29 is 5.11 Å². The largest absolute Gasteiger partial charge is 0.393 e. The minimum atomic E-state index is -0.0715. The Morgan fingerprint density at radius 1 is 1.18 bits per heavy atom. The van der Waals surface area contributed by atoms with Crippen LogP contribution in [0.5, 0.6) is 0 Å². The first-order valence-corrected chi connectivity index (χ1v) is 6.50. The molecule has 0 amide bonds. The average Bonchev–Trinajstić information content (AvgIpc) is 2.66. The van der Waals surface area contributed by atoms with E-state index in [-0.39, 0.29) is 6.10 Å². The molecule has 2 heteroatoms.